The van der Waals surface area contributed by atoms with Crippen LogP contribution < -0.4 is 10.6 Å². The van der Waals surface area contributed by atoms with E-state index in [1.807, 2.05) is 6.92 Å². The summed E-state index contributed by atoms with van der Waals surface area (Å²) in [4.78, 5) is 12.1. The summed E-state index contributed by atoms with van der Waals surface area (Å²) < 4.78 is 27.1. The van der Waals surface area contributed by atoms with Crippen LogP contribution in [-0.4, -0.2) is 24.0 Å². The fraction of sp³-hybridized carbons (Fsp3) is 0.533. The molecule has 1 rings (SSSR count). The summed E-state index contributed by atoms with van der Waals surface area (Å²) >= 11 is 0. The molecule has 112 valence electrons. The van der Waals surface area contributed by atoms with E-state index in [0.717, 1.165) is 0 Å². The van der Waals surface area contributed by atoms with Gasteiger partial charge in [0.2, 0.25) is 5.91 Å². The van der Waals surface area contributed by atoms with Crippen molar-refractivity contribution in [3.05, 3.63) is 35.4 Å². The predicted octanol–water partition coefficient (Wildman–Crippen LogP) is 2.40. The third kappa shape index (κ3) is 4.27. The Bertz CT molecular complexity index is 455. The molecule has 1 atom stereocenters. The van der Waals surface area contributed by atoms with Crippen molar-refractivity contribution >= 4 is 5.91 Å². The summed E-state index contributed by atoms with van der Waals surface area (Å²) in [5, 5.41) is 5.83. The molecule has 1 unspecified atom stereocenters. The van der Waals surface area contributed by atoms with Gasteiger partial charge in [-0.3, -0.25) is 4.79 Å². The molecule has 5 heteroatoms. The molecule has 1 aromatic carbocycles. The van der Waals surface area contributed by atoms with Crippen molar-refractivity contribution in [1.29, 1.82) is 0 Å². The van der Waals surface area contributed by atoms with Gasteiger partial charge in [-0.1, -0.05) is 13.0 Å². The van der Waals surface area contributed by atoms with E-state index in [9.17, 15) is 13.6 Å². The van der Waals surface area contributed by atoms with Gasteiger partial charge in [0.05, 0.1) is 5.54 Å². The highest BCUT2D eigenvalue weighted by Crippen LogP contribution is 2.14. The van der Waals surface area contributed by atoms with Gasteiger partial charge in [-0.05, 0) is 45.9 Å². The number of rotatable bonds is 6. The summed E-state index contributed by atoms with van der Waals surface area (Å²) in [5.41, 5.74) is -0.710. The average Bonchev–Trinajstić information content (AvgIpc) is 2.34. The number of nitrogens with one attached hydrogen (secondary N) is 2. The van der Waals surface area contributed by atoms with Gasteiger partial charge in [-0.15, -0.1) is 0 Å². The maximum absolute atomic E-state index is 13.5. The minimum Gasteiger partial charge on any atom is -0.352 e. The SMILES string of the molecule is CCNC(C)(C)C(=O)NC(C)Cc1c(F)cccc1F. The Kier molecular flexibility index (Phi) is 5.62. The van der Waals surface area contributed by atoms with Gasteiger partial charge < -0.3 is 10.6 Å². The second kappa shape index (κ2) is 6.79. The molecule has 1 aromatic rings. The third-order valence-electron chi connectivity index (χ3n) is 3.14. The molecule has 1 amide bonds. The van der Waals surface area contributed by atoms with Crippen molar-refractivity contribution < 1.29 is 13.6 Å². The molecule has 0 radical (unpaired) electrons. The number of amides is 1. The van der Waals surface area contributed by atoms with Crippen LogP contribution in [0.25, 0.3) is 0 Å². The first kappa shape index (κ1) is 16.6. The van der Waals surface area contributed by atoms with E-state index in [0.29, 0.717) is 6.54 Å². The number of halogens is 2. The number of hydrogen-bond acceptors (Lipinski definition) is 2. The lowest BCUT2D eigenvalue weighted by Gasteiger charge is -2.26. The van der Waals surface area contributed by atoms with E-state index in [4.69, 9.17) is 0 Å². The molecule has 0 aliphatic heterocycles. The van der Waals surface area contributed by atoms with Crippen LogP contribution in [-0.2, 0) is 11.2 Å². The number of carbonyl (C=O) groups excluding carboxylic acids is 1. The largest absolute Gasteiger partial charge is 0.352 e. The number of carbonyl (C=O) groups is 1. The van der Waals surface area contributed by atoms with Crippen molar-refractivity contribution in [2.24, 2.45) is 0 Å². The zero-order valence-electron chi connectivity index (χ0n) is 12.4. The first-order valence-electron chi connectivity index (χ1n) is 6.76. The van der Waals surface area contributed by atoms with Gasteiger partial charge in [-0.2, -0.15) is 0 Å². The maximum Gasteiger partial charge on any atom is 0.239 e. The lowest BCUT2D eigenvalue weighted by molar-refractivity contribution is -0.127. The maximum atomic E-state index is 13.5. The Labute approximate surface area is 118 Å². The standard InChI is InChI=1S/C15H22F2N2O/c1-5-18-15(3,4)14(20)19-10(2)9-11-12(16)7-6-8-13(11)17/h6-8,10,18H,5,9H2,1-4H3,(H,19,20). The summed E-state index contributed by atoms with van der Waals surface area (Å²) in [7, 11) is 0. The van der Waals surface area contributed by atoms with Gasteiger partial charge in [0.1, 0.15) is 11.6 Å². The molecule has 0 fully saturated rings. The van der Waals surface area contributed by atoms with E-state index in [1.54, 1.807) is 20.8 Å². The number of benzene rings is 1. The highest BCUT2D eigenvalue weighted by atomic mass is 19.1. The molecule has 0 spiro atoms. The molecule has 0 heterocycles. The Morgan fingerprint density at radius 3 is 2.35 bits per heavy atom. The van der Waals surface area contributed by atoms with Crippen LogP contribution in [0.4, 0.5) is 8.78 Å². The molecule has 0 saturated carbocycles. The van der Waals surface area contributed by atoms with Gasteiger partial charge >= 0.3 is 0 Å². The lowest BCUT2D eigenvalue weighted by atomic mass is 10.0. The van der Waals surface area contributed by atoms with Crippen LogP contribution in [0.5, 0.6) is 0 Å². The highest BCUT2D eigenvalue weighted by molar-refractivity contribution is 5.85. The molecular weight excluding hydrogens is 262 g/mol. The second-order valence-electron chi connectivity index (χ2n) is 5.43. The van der Waals surface area contributed by atoms with Crippen molar-refractivity contribution in [3.63, 3.8) is 0 Å². The van der Waals surface area contributed by atoms with Crippen LogP contribution in [0.15, 0.2) is 18.2 Å². The Morgan fingerprint density at radius 2 is 1.85 bits per heavy atom. The van der Waals surface area contributed by atoms with Crippen LogP contribution in [0.1, 0.15) is 33.3 Å². The normalized spacial score (nSPS) is 13.1. The van der Waals surface area contributed by atoms with Crippen LogP contribution in [0, 0.1) is 11.6 Å². The summed E-state index contributed by atoms with van der Waals surface area (Å²) in [5.74, 6) is -1.36. The zero-order valence-corrected chi connectivity index (χ0v) is 12.4. The van der Waals surface area contributed by atoms with Crippen LogP contribution in [0.2, 0.25) is 0 Å². The molecule has 0 aliphatic carbocycles. The van der Waals surface area contributed by atoms with Crippen LogP contribution >= 0.6 is 0 Å². The summed E-state index contributed by atoms with van der Waals surface area (Å²) in [6.45, 7) is 7.83. The smallest absolute Gasteiger partial charge is 0.239 e. The molecule has 0 aromatic heterocycles. The van der Waals surface area contributed by atoms with Gasteiger partial charge in [-0.25, -0.2) is 8.78 Å². The molecule has 3 nitrogen and oxygen atoms in total. The monoisotopic (exact) mass is 284 g/mol. The van der Waals surface area contributed by atoms with Crippen LogP contribution in [0.3, 0.4) is 0 Å². The molecular formula is C15H22F2N2O. The van der Waals surface area contributed by atoms with E-state index in [-0.39, 0.29) is 23.9 Å². The Morgan fingerprint density at radius 1 is 1.30 bits per heavy atom. The van der Waals surface area contributed by atoms with Crippen molar-refractivity contribution in [3.8, 4) is 0 Å². The third-order valence-corrected chi connectivity index (χ3v) is 3.14. The molecule has 0 saturated heterocycles. The fourth-order valence-corrected chi connectivity index (χ4v) is 2.01. The van der Waals surface area contributed by atoms with Crippen molar-refractivity contribution in [1.82, 2.24) is 10.6 Å². The minimum absolute atomic E-state index is 0.00144. The van der Waals surface area contributed by atoms with Crippen molar-refractivity contribution in [2.75, 3.05) is 6.54 Å². The van der Waals surface area contributed by atoms with E-state index in [2.05, 4.69) is 10.6 Å². The van der Waals surface area contributed by atoms with E-state index in [1.165, 1.54) is 18.2 Å². The van der Waals surface area contributed by atoms with E-state index < -0.39 is 17.2 Å². The zero-order chi connectivity index (χ0) is 15.3. The first-order valence-corrected chi connectivity index (χ1v) is 6.76. The topological polar surface area (TPSA) is 41.1 Å². The second-order valence-corrected chi connectivity index (χ2v) is 5.43. The lowest BCUT2D eigenvalue weighted by Crippen LogP contribution is -2.54. The van der Waals surface area contributed by atoms with Crippen molar-refractivity contribution in [2.45, 2.75) is 45.7 Å². The fourth-order valence-electron chi connectivity index (χ4n) is 2.01. The predicted molar refractivity (Wildman–Crippen MR) is 75.4 cm³/mol. The molecule has 2 N–H and O–H groups in total. The minimum atomic E-state index is -0.712. The highest BCUT2D eigenvalue weighted by Gasteiger charge is 2.27. The molecule has 0 bridgehead atoms. The van der Waals surface area contributed by atoms with Gasteiger partial charge in [0, 0.05) is 11.6 Å². The molecule has 0 aliphatic rings. The number of likely N-dealkylation sites (N-methyl/N-ethyl adjacent to an activating group) is 1. The van der Waals surface area contributed by atoms with E-state index >= 15 is 0 Å². The average molecular weight is 284 g/mol. The van der Waals surface area contributed by atoms with Gasteiger partial charge in [0.15, 0.2) is 0 Å². The first-order chi connectivity index (χ1) is 9.27. The summed E-state index contributed by atoms with van der Waals surface area (Å²) in [6, 6.07) is 3.41. The number of hydrogen-bond donors (Lipinski definition) is 2. The summed E-state index contributed by atoms with van der Waals surface area (Å²) in [6.07, 6.45) is 0.118. The molecule has 20 heavy (non-hydrogen) atoms. The Hall–Kier alpha value is -1.49. The quantitative estimate of drug-likeness (QED) is 0.842. The van der Waals surface area contributed by atoms with Gasteiger partial charge in [0.25, 0.3) is 0 Å². The Balaban J connectivity index is 2.69.